The van der Waals surface area contributed by atoms with Crippen LogP contribution in [0.25, 0.3) is 0 Å². The van der Waals surface area contributed by atoms with Crippen LogP contribution < -0.4 is 20.7 Å². The van der Waals surface area contributed by atoms with Gasteiger partial charge in [-0.05, 0) is 89.5 Å². The van der Waals surface area contributed by atoms with E-state index in [2.05, 4.69) is 27.1 Å². The molecule has 1 atom stereocenters. The molecule has 3 rings (SSSR count). The van der Waals surface area contributed by atoms with Gasteiger partial charge in [-0.15, -0.1) is 0 Å². The van der Waals surface area contributed by atoms with Gasteiger partial charge in [0, 0.05) is 30.5 Å². The van der Waals surface area contributed by atoms with Gasteiger partial charge in [0.1, 0.15) is 6.04 Å². The van der Waals surface area contributed by atoms with E-state index in [-0.39, 0.29) is 18.0 Å². The molecule has 1 saturated carbocycles. The summed E-state index contributed by atoms with van der Waals surface area (Å²) in [5, 5.41) is 3.50. The van der Waals surface area contributed by atoms with Gasteiger partial charge >= 0.3 is 0 Å². The van der Waals surface area contributed by atoms with Crippen molar-refractivity contribution in [3.63, 3.8) is 0 Å². The summed E-state index contributed by atoms with van der Waals surface area (Å²) in [6, 6.07) is 8.03. The molecule has 1 unspecified atom stereocenters. The van der Waals surface area contributed by atoms with Crippen LogP contribution in [0.4, 0.5) is 11.4 Å². The number of benzene rings is 1. The zero-order valence-electron chi connectivity index (χ0n) is 18.4. The van der Waals surface area contributed by atoms with Crippen LogP contribution in [0, 0.1) is 5.92 Å². The smallest absolute Gasteiger partial charge is 0.240 e. The lowest BCUT2D eigenvalue weighted by molar-refractivity contribution is -0.119. The van der Waals surface area contributed by atoms with Gasteiger partial charge in [0.2, 0.25) is 15.9 Å². The van der Waals surface area contributed by atoms with E-state index in [1.165, 1.54) is 0 Å². The van der Waals surface area contributed by atoms with Gasteiger partial charge < -0.3 is 16.0 Å². The van der Waals surface area contributed by atoms with E-state index in [9.17, 15) is 13.2 Å². The fraction of sp³-hybridized carbons (Fsp3) is 0.682. The molecule has 0 bridgehead atoms. The minimum atomic E-state index is -3.29. The van der Waals surface area contributed by atoms with Crippen molar-refractivity contribution in [2.24, 2.45) is 11.7 Å². The van der Waals surface area contributed by atoms with Crippen LogP contribution in [0.5, 0.6) is 0 Å². The third-order valence-electron chi connectivity index (χ3n) is 6.35. The van der Waals surface area contributed by atoms with Crippen molar-refractivity contribution in [3.05, 3.63) is 24.3 Å². The van der Waals surface area contributed by atoms with Crippen molar-refractivity contribution in [1.82, 2.24) is 4.72 Å². The molecule has 1 aliphatic heterocycles. The second-order valence-electron chi connectivity index (χ2n) is 9.63. The SMILES string of the molecule is CC(C)(C)S(=O)(=O)NC1CCC(CNc2ccc(N3CCCC3C(N)=O)cc2)CC1. The zero-order valence-corrected chi connectivity index (χ0v) is 19.2. The predicted molar refractivity (Wildman–Crippen MR) is 122 cm³/mol. The molecule has 0 aromatic heterocycles. The average Bonchev–Trinajstić information content (AvgIpc) is 3.17. The summed E-state index contributed by atoms with van der Waals surface area (Å²) < 4.78 is 26.8. The van der Waals surface area contributed by atoms with E-state index in [4.69, 9.17) is 5.73 Å². The molecular formula is C22H36N4O3S. The molecule has 30 heavy (non-hydrogen) atoms. The second kappa shape index (κ2) is 9.14. The number of rotatable bonds is 7. The van der Waals surface area contributed by atoms with Gasteiger partial charge in [-0.25, -0.2) is 13.1 Å². The van der Waals surface area contributed by atoms with Gasteiger partial charge in [-0.1, -0.05) is 0 Å². The normalized spacial score (nSPS) is 25.3. The molecule has 1 heterocycles. The first kappa shape index (κ1) is 22.9. The van der Waals surface area contributed by atoms with E-state index >= 15 is 0 Å². The number of sulfonamides is 1. The third kappa shape index (κ3) is 5.46. The molecule has 1 saturated heterocycles. The molecule has 0 radical (unpaired) electrons. The van der Waals surface area contributed by atoms with Crippen LogP contribution >= 0.6 is 0 Å². The number of hydrogen-bond acceptors (Lipinski definition) is 5. The Balaban J connectivity index is 1.45. The van der Waals surface area contributed by atoms with Crippen LogP contribution in [0.2, 0.25) is 0 Å². The molecule has 4 N–H and O–H groups in total. The lowest BCUT2D eigenvalue weighted by Crippen LogP contribution is -2.46. The van der Waals surface area contributed by atoms with E-state index in [1.807, 2.05) is 12.1 Å². The molecule has 168 valence electrons. The van der Waals surface area contributed by atoms with Crippen LogP contribution in [-0.2, 0) is 14.8 Å². The topological polar surface area (TPSA) is 105 Å². The van der Waals surface area contributed by atoms with E-state index in [0.29, 0.717) is 5.92 Å². The van der Waals surface area contributed by atoms with Crippen molar-refractivity contribution < 1.29 is 13.2 Å². The molecule has 1 amide bonds. The number of amides is 1. The van der Waals surface area contributed by atoms with Gasteiger partial charge in [0.25, 0.3) is 0 Å². The Labute approximate surface area is 180 Å². The number of anilines is 2. The molecule has 0 spiro atoms. The summed E-state index contributed by atoms with van der Waals surface area (Å²) in [5.74, 6) is 0.285. The summed E-state index contributed by atoms with van der Waals surface area (Å²) in [7, 11) is -3.29. The van der Waals surface area contributed by atoms with Crippen LogP contribution in [0.15, 0.2) is 24.3 Å². The molecule has 2 aliphatic rings. The highest BCUT2D eigenvalue weighted by molar-refractivity contribution is 7.90. The van der Waals surface area contributed by atoms with E-state index < -0.39 is 14.8 Å². The van der Waals surface area contributed by atoms with Crippen molar-refractivity contribution in [3.8, 4) is 0 Å². The Morgan fingerprint density at radius 1 is 1.10 bits per heavy atom. The van der Waals surface area contributed by atoms with Crippen molar-refractivity contribution >= 4 is 27.3 Å². The second-order valence-corrected chi connectivity index (χ2v) is 12.1. The fourth-order valence-corrected chi connectivity index (χ4v) is 5.31. The summed E-state index contributed by atoms with van der Waals surface area (Å²) in [6.07, 6.45) is 5.59. The standard InChI is InChI=1S/C22H36N4O3S/c1-22(2,3)30(28,29)25-18-8-6-16(7-9-18)15-24-17-10-12-19(13-11-17)26-14-4-5-20(26)21(23)27/h10-13,16,18,20,24-25H,4-9,14-15H2,1-3H3,(H2,23,27). The first-order valence-corrected chi connectivity index (χ1v) is 12.5. The first-order chi connectivity index (χ1) is 14.1. The summed E-state index contributed by atoms with van der Waals surface area (Å²) in [5.41, 5.74) is 7.61. The summed E-state index contributed by atoms with van der Waals surface area (Å²) in [4.78, 5) is 13.7. The van der Waals surface area contributed by atoms with Crippen molar-refractivity contribution in [1.29, 1.82) is 0 Å². The number of primary amides is 1. The molecule has 1 aromatic carbocycles. The number of nitrogens with one attached hydrogen (secondary N) is 2. The molecule has 1 aromatic rings. The monoisotopic (exact) mass is 436 g/mol. The molecule has 8 heteroatoms. The average molecular weight is 437 g/mol. The number of nitrogens with two attached hydrogens (primary N) is 1. The van der Waals surface area contributed by atoms with Gasteiger partial charge in [-0.2, -0.15) is 0 Å². The van der Waals surface area contributed by atoms with Crippen LogP contribution in [0.1, 0.15) is 59.3 Å². The lowest BCUT2D eigenvalue weighted by atomic mass is 9.86. The Hall–Kier alpha value is -1.80. The van der Waals surface area contributed by atoms with Gasteiger partial charge in [0.05, 0.1) is 4.75 Å². The number of carbonyl (C=O) groups excluding carboxylic acids is 1. The minimum Gasteiger partial charge on any atom is -0.385 e. The molecule has 7 nitrogen and oxygen atoms in total. The molecular weight excluding hydrogens is 400 g/mol. The Morgan fingerprint density at radius 2 is 1.73 bits per heavy atom. The first-order valence-electron chi connectivity index (χ1n) is 11.0. The number of hydrogen-bond donors (Lipinski definition) is 3. The highest BCUT2D eigenvalue weighted by Gasteiger charge is 2.33. The van der Waals surface area contributed by atoms with E-state index in [0.717, 1.165) is 63.0 Å². The highest BCUT2D eigenvalue weighted by atomic mass is 32.2. The van der Waals surface area contributed by atoms with Crippen molar-refractivity contribution in [2.75, 3.05) is 23.3 Å². The Kier molecular flexibility index (Phi) is 6.97. The van der Waals surface area contributed by atoms with Crippen LogP contribution in [0.3, 0.4) is 0 Å². The van der Waals surface area contributed by atoms with Crippen LogP contribution in [-0.4, -0.2) is 44.2 Å². The Morgan fingerprint density at radius 3 is 2.30 bits per heavy atom. The maximum Gasteiger partial charge on any atom is 0.240 e. The minimum absolute atomic E-state index is 0.0448. The van der Waals surface area contributed by atoms with Crippen molar-refractivity contribution in [2.45, 2.75) is 76.1 Å². The Bertz CT molecular complexity index is 825. The zero-order chi connectivity index (χ0) is 21.9. The summed E-state index contributed by atoms with van der Waals surface area (Å²) >= 11 is 0. The van der Waals surface area contributed by atoms with Gasteiger partial charge in [0.15, 0.2) is 0 Å². The molecule has 2 fully saturated rings. The quantitative estimate of drug-likeness (QED) is 0.610. The maximum absolute atomic E-state index is 12.3. The highest BCUT2D eigenvalue weighted by Crippen LogP contribution is 2.29. The van der Waals surface area contributed by atoms with E-state index in [1.54, 1.807) is 20.8 Å². The third-order valence-corrected chi connectivity index (χ3v) is 8.61. The van der Waals surface area contributed by atoms with Gasteiger partial charge in [-0.3, -0.25) is 4.79 Å². The number of nitrogens with zero attached hydrogens (tertiary/aromatic N) is 1. The largest absolute Gasteiger partial charge is 0.385 e. The molecule has 1 aliphatic carbocycles. The maximum atomic E-state index is 12.3. The predicted octanol–water partition coefficient (Wildman–Crippen LogP) is 2.83. The summed E-state index contributed by atoms with van der Waals surface area (Å²) in [6.45, 7) is 6.93. The number of carbonyl (C=O) groups is 1. The lowest BCUT2D eigenvalue weighted by Gasteiger charge is -2.31. The fourth-order valence-electron chi connectivity index (χ4n) is 4.29.